The topological polar surface area (TPSA) is 92.3 Å². The number of hydrogen-bond donors (Lipinski definition) is 2. The van der Waals surface area contributed by atoms with Crippen LogP contribution in [0.5, 0.6) is 0 Å². The second-order valence-corrected chi connectivity index (χ2v) is 8.63. The lowest BCUT2D eigenvalue weighted by molar-refractivity contribution is -0.145. The molecule has 8 nitrogen and oxygen atoms in total. The van der Waals surface area contributed by atoms with E-state index in [-0.39, 0.29) is 18.0 Å². The quantitative estimate of drug-likeness (QED) is 0.485. The molecule has 0 spiro atoms. The van der Waals surface area contributed by atoms with Gasteiger partial charge in [0.2, 0.25) is 0 Å². The molecule has 0 saturated carbocycles. The average Bonchev–Trinajstić information content (AvgIpc) is 2.88. The van der Waals surface area contributed by atoms with E-state index in [0.717, 1.165) is 63.5 Å². The fourth-order valence-electron chi connectivity index (χ4n) is 3.66. The Balaban J connectivity index is 0.000000371. The number of carbonyl (C=O) groups excluding carboxylic acids is 2. The number of ether oxygens (including phenoxy) is 2. The number of amides is 1. The largest absolute Gasteiger partial charge is 0.463 e. The highest BCUT2D eigenvalue weighted by Crippen LogP contribution is 2.19. The number of anilines is 1. The Labute approximate surface area is 207 Å². The molecule has 2 aromatic rings. The summed E-state index contributed by atoms with van der Waals surface area (Å²) in [5.41, 5.74) is 5.07. The summed E-state index contributed by atoms with van der Waals surface area (Å²) < 4.78 is 10.1. The van der Waals surface area contributed by atoms with Gasteiger partial charge in [-0.05, 0) is 67.3 Å². The van der Waals surface area contributed by atoms with E-state index in [1.54, 1.807) is 0 Å². The lowest BCUT2D eigenvalue weighted by Crippen LogP contribution is -2.32. The van der Waals surface area contributed by atoms with Crippen LogP contribution < -0.4 is 10.6 Å². The van der Waals surface area contributed by atoms with Gasteiger partial charge in [-0.1, -0.05) is 25.1 Å². The van der Waals surface area contributed by atoms with Gasteiger partial charge in [0.25, 0.3) is 5.91 Å². The van der Waals surface area contributed by atoms with Crippen molar-refractivity contribution in [3.8, 4) is 0 Å². The summed E-state index contributed by atoms with van der Waals surface area (Å²) in [6, 6.07) is 13.6. The van der Waals surface area contributed by atoms with Crippen LogP contribution in [0.25, 0.3) is 0 Å². The molecule has 1 amide bonds. The summed E-state index contributed by atoms with van der Waals surface area (Å²) >= 11 is 0. The maximum absolute atomic E-state index is 12.5. The van der Waals surface area contributed by atoms with Crippen LogP contribution in [0.2, 0.25) is 0 Å². The summed E-state index contributed by atoms with van der Waals surface area (Å²) in [5, 5.41) is 12.8. The van der Waals surface area contributed by atoms with E-state index in [9.17, 15) is 9.59 Å². The standard InChI is InChI=1S/C21H24N4O2.C6H12O2/c26-21(24-20-6-5-19-15-22-8-7-18(19)13-20)17-3-1-16(2-4-17)14-23-25-9-11-27-12-10-25;1-4-5(2)8-6(3)7/h1-6,13-14,22H,7-12,15H2,(H,24,26);5H,4H2,1-3H3. The van der Waals surface area contributed by atoms with Gasteiger partial charge < -0.3 is 20.1 Å². The van der Waals surface area contributed by atoms with E-state index in [4.69, 9.17) is 9.47 Å². The van der Waals surface area contributed by atoms with Crippen molar-refractivity contribution < 1.29 is 19.1 Å². The summed E-state index contributed by atoms with van der Waals surface area (Å²) in [4.78, 5) is 22.7. The molecule has 2 N–H and O–H groups in total. The summed E-state index contributed by atoms with van der Waals surface area (Å²) in [7, 11) is 0. The molecule has 8 heteroatoms. The predicted octanol–water partition coefficient (Wildman–Crippen LogP) is 3.60. The van der Waals surface area contributed by atoms with Gasteiger partial charge in [-0.25, -0.2) is 0 Å². The molecule has 0 bridgehead atoms. The van der Waals surface area contributed by atoms with Crippen molar-refractivity contribution in [2.24, 2.45) is 5.10 Å². The van der Waals surface area contributed by atoms with E-state index < -0.39 is 0 Å². The van der Waals surface area contributed by atoms with Crippen LogP contribution in [0.1, 0.15) is 54.2 Å². The Morgan fingerprint density at radius 2 is 1.91 bits per heavy atom. The normalized spacial score (nSPS) is 16.0. The van der Waals surface area contributed by atoms with E-state index in [1.165, 1.54) is 18.1 Å². The number of nitrogens with one attached hydrogen (secondary N) is 2. The zero-order chi connectivity index (χ0) is 25.0. The molecule has 4 rings (SSSR count). The van der Waals surface area contributed by atoms with Crippen LogP contribution in [-0.4, -0.2) is 62.1 Å². The molecule has 1 saturated heterocycles. The first kappa shape index (κ1) is 26.4. The fourth-order valence-corrected chi connectivity index (χ4v) is 3.66. The first-order valence-corrected chi connectivity index (χ1v) is 12.2. The number of esters is 1. The zero-order valence-electron chi connectivity index (χ0n) is 20.9. The molecular weight excluding hydrogens is 444 g/mol. The van der Waals surface area contributed by atoms with Crippen molar-refractivity contribution in [2.75, 3.05) is 38.2 Å². The van der Waals surface area contributed by atoms with Crippen molar-refractivity contribution in [1.82, 2.24) is 10.3 Å². The average molecular weight is 481 g/mol. The second-order valence-electron chi connectivity index (χ2n) is 8.63. The molecule has 1 unspecified atom stereocenters. The molecule has 2 aliphatic heterocycles. The number of hydrazone groups is 1. The highest BCUT2D eigenvalue weighted by molar-refractivity contribution is 6.04. The molecule has 2 heterocycles. The maximum Gasteiger partial charge on any atom is 0.302 e. The van der Waals surface area contributed by atoms with Gasteiger partial charge in [0.1, 0.15) is 0 Å². The lowest BCUT2D eigenvalue weighted by atomic mass is 10.0. The SMILES string of the molecule is CCC(C)OC(C)=O.O=C(Nc1ccc2c(c1)CCNC2)c1ccc(C=NN2CCOCC2)cc1. The van der Waals surface area contributed by atoms with Crippen LogP contribution >= 0.6 is 0 Å². The molecule has 1 fully saturated rings. The summed E-state index contributed by atoms with van der Waals surface area (Å²) in [6.45, 7) is 10.2. The van der Waals surface area contributed by atoms with Crippen LogP contribution in [0.3, 0.4) is 0 Å². The van der Waals surface area contributed by atoms with Gasteiger partial charge >= 0.3 is 5.97 Å². The summed E-state index contributed by atoms with van der Waals surface area (Å²) in [5.74, 6) is -0.292. The second kappa shape index (κ2) is 13.6. The molecule has 0 aromatic heterocycles. The number of morpholine rings is 1. The number of hydrogen-bond acceptors (Lipinski definition) is 7. The van der Waals surface area contributed by atoms with Crippen LogP contribution in [0.15, 0.2) is 47.6 Å². The molecule has 0 radical (unpaired) electrons. The number of fused-ring (bicyclic) bond motifs is 1. The molecule has 1 atom stereocenters. The Kier molecular flexibility index (Phi) is 10.3. The van der Waals surface area contributed by atoms with Gasteiger partial charge in [-0.15, -0.1) is 0 Å². The Morgan fingerprint density at radius 1 is 1.17 bits per heavy atom. The minimum absolute atomic E-state index is 0.0764. The highest BCUT2D eigenvalue weighted by Gasteiger charge is 2.11. The van der Waals surface area contributed by atoms with E-state index in [0.29, 0.717) is 5.56 Å². The number of benzene rings is 2. The summed E-state index contributed by atoms with van der Waals surface area (Å²) in [6.07, 6.45) is 3.79. The van der Waals surface area contributed by atoms with E-state index in [2.05, 4.69) is 27.9 Å². The van der Waals surface area contributed by atoms with Crippen molar-refractivity contribution in [2.45, 2.75) is 46.3 Å². The molecule has 188 valence electrons. The van der Waals surface area contributed by atoms with Crippen LogP contribution in [-0.2, 0) is 27.2 Å². The Morgan fingerprint density at radius 3 is 2.57 bits per heavy atom. The van der Waals surface area contributed by atoms with Crippen molar-refractivity contribution in [3.05, 3.63) is 64.7 Å². The van der Waals surface area contributed by atoms with Crippen LogP contribution in [0, 0.1) is 0 Å². The van der Waals surface area contributed by atoms with Crippen LogP contribution in [0.4, 0.5) is 5.69 Å². The first-order chi connectivity index (χ1) is 16.9. The number of carbonyl (C=O) groups is 2. The van der Waals surface area contributed by atoms with Crippen molar-refractivity contribution in [3.63, 3.8) is 0 Å². The fraction of sp³-hybridized carbons (Fsp3) is 0.444. The van der Waals surface area contributed by atoms with Gasteiger partial charge in [-0.3, -0.25) is 14.6 Å². The van der Waals surface area contributed by atoms with Gasteiger partial charge in [0, 0.05) is 24.7 Å². The van der Waals surface area contributed by atoms with Gasteiger partial charge in [-0.2, -0.15) is 5.10 Å². The Bertz CT molecular complexity index is 1000. The number of nitrogens with zero attached hydrogens (tertiary/aromatic N) is 2. The predicted molar refractivity (Wildman–Crippen MR) is 138 cm³/mol. The highest BCUT2D eigenvalue weighted by atomic mass is 16.5. The minimum Gasteiger partial charge on any atom is -0.463 e. The van der Waals surface area contributed by atoms with Crippen molar-refractivity contribution in [1.29, 1.82) is 0 Å². The maximum atomic E-state index is 12.5. The molecule has 2 aromatic carbocycles. The smallest absolute Gasteiger partial charge is 0.302 e. The van der Waals surface area contributed by atoms with Gasteiger partial charge in [0.05, 0.1) is 38.6 Å². The van der Waals surface area contributed by atoms with E-state index in [1.807, 2.05) is 55.4 Å². The first-order valence-electron chi connectivity index (χ1n) is 12.2. The lowest BCUT2D eigenvalue weighted by Gasteiger charge is -2.23. The monoisotopic (exact) mass is 480 g/mol. The van der Waals surface area contributed by atoms with Gasteiger partial charge in [0.15, 0.2) is 0 Å². The molecular formula is C27H36N4O4. The zero-order valence-corrected chi connectivity index (χ0v) is 20.9. The Hall–Kier alpha value is -3.23. The minimum atomic E-state index is -0.195. The molecule has 0 aliphatic carbocycles. The third kappa shape index (κ3) is 8.81. The number of rotatable bonds is 6. The van der Waals surface area contributed by atoms with E-state index >= 15 is 0 Å². The third-order valence-electron chi connectivity index (χ3n) is 5.82. The van der Waals surface area contributed by atoms with Crippen molar-refractivity contribution >= 4 is 23.8 Å². The third-order valence-corrected chi connectivity index (χ3v) is 5.82. The molecule has 35 heavy (non-hydrogen) atoms. The molecule has 2 aliphatic rings.